The molecule has 30 heavy (non-hydrogen) atoms. The van der Waals surface area contributed by atoms with Crippen LogP contribution >= 0.6 is 0 Å². The van der Waals surface area contributed by atoms with Crippen LogP contribution in [0.4, 0.5) is 4.39 Å². The topological polar surface area (TPSA) is 77.6 Å². The number of pyridine rings is 1. The lowest BCUT2D eigenvalue weighted by molar-refractivity contribution is -0.0882. The molecule has 2 aromatic carbocycles. The molecule has 7 heteroatoms. The average molecular weight is 409 g/mol. The molecule has 2 N–H and O–H groups in total. The number of primary amides is 1. The third-order valence-corrected chi connectivity index (χ3v) is 5.35. The lowest BCUT2D eigenvalue weighted by Gasteiger charge is -2.38. The van der Waals surface area contributed by atoms with Crippen molar-refractivity contribution in [1.29, 1.82) is 0 Å². The van der Waals surface area contributed by atoms with Gasteiger partial charge in [0.2, 0.25) is 5.43 Å². The Labute approximate surface area is 173 Å². The molecule has 156 valence electrons. The van der Waals surface area contributed by atoms with Crippen molar-refractivity contribution in [3.05, 3.63) is 75.8 Å². The molecule has 1 aliphatic heterocycles. The summed E-state index contributed by atoms with van der Waals surface area (Å²) in [6, 6.07) is 11.5. The number of rotatable bonds is 4. The van der Waals surface area contributed by atoms with E-state index in [0.717, 1.165) is 18.7 Å². The predicted molar refractivity (Wildman–Crippen MR) is 113 cm³/mol. The standard InChI is InChI=1S/C23H24FN3O3/c1-23(2)14-26(9-10-30-23)12-15-3-8-20-18(11-15)21(28)19(22(25)29)13-27(20)17-6-4-16(24)5-7-17/h3-8,11,13H,9-10,12,14H2,1-2H3,(H2,25,29). The highest BCUT2D eigenvalue weighted by atomic mass is 19.1. The summed E-state index contributed by atoms with van der Waals surface area (Å²) in [7, 11) is 0. The van der Waals surface area contributed by atoms with Crippen LogP contribution in [-0.4, -0.2) is 40.7 Å². The van der Waals surface area contributed by atoms with Crippen molar-refractivity contribution in [2.75, 3.05) is 19.7 Å². The maximum atomic E-state index is 13.4. The van der Waals surface area contributed by atoms with E-state index in [1.54, 1.807) is 16.7 Å². The third kappa shape index (κ3) is 3.99. The highest BCUT2D eigenvalue weighted by molar-refractivity contribution is 5.96. The van der Waals surface area contributed by atoms with Crippen molar-refractivity contribution in [2.45, 2.75) is 26.0 Å². The molecule has 0 spiro atoms. The quantitative estimate of drug-likeness (QED) is 0.719. The van der Waals surface area contributed by atoms with Crippen LogP contribution in [0.5, 0.6) is 0 Å². The second-order valence-corrected chi connectivity index (χ2v) is 8.25. The minimum Gasteiger partial charge on any atom is -0.373 e. The Kier molecular flexibility index (Phi) is 5.17. The van der Waals surface area contributed by atoms with E-state index in [4.69, 9.17) is 10.5 Å². The van der Waals surface area contributed by atoms with Crippen molar-refractivity contribution in [2.24, 2.45) is 5.73 Å². The van der Waals surface area contributed by atoms with Gasteiger partial charge in [-0.25, -0.2) is 4.39 Å². The van der Waals surface area contributed by atoms with Crippen molar-refractivity contribution in [3.8, 4) is 5.69 Å². The Hall–Kier alpha value is -3.03. The molecule has 0 saturated carbocycles. The molecule has 0 aliphatic carbocycles. The average Bonchev–Trinajstić information content (AvgIpc) is 2.68. The smallest absolute Gasteiger partial charge is 0.254 e. The van der Waals surface area contributed by atoms with Gasteiger partial charge in [0.15, 0.2) is 0 Å². The van der Waals surface area contributed by atoms with E-state index in [1.807, 2.05) is 18.2 Å². The van der Waals surface area contributed by atoms with Crippen LogP contribution in [0, 0.1) is 5.82 Å². The Morgan fingerprint density at radius 1 is 1.20 bits per heavy atom. The number of hydrogen-bond donors (Lipinski definition) is 1. The first-order valence-corrected chi connectivity index (χ1v) is 9.84. The first kappa shape index (κ1) is 20.3. The summed E-state index contributed by atoms with van der Waals surface area (Å²) in [4.78, 5) is 27.1. The zero-order chi connectivity index (χ0) is 21.5. The molecule has 1 saturated heterocycles. The lowest BCUT2D eigenvalue weighted by Crippen LogP contribution is -2.47. The SMILES string of the molecule is CC1(C)CN(Cc2ccc3c(c2)c(=O)c(C(N)=O)cn3-c2ccc(F)cc2)CCO1. The van der Waals surface area contributed by atoms with E-state index in [0.29, 0.717) is 29.7 Å². The molecule has 3 aromatic rings. The summed E-state index contributed by atoms with van der Waals surface area (Å²) in [6.07, 6.45) is 1.42. The van der Waals surface area contributed by atoms with Gasteiger partial charge in [-0.15, -0.1) is 0 Å². The van der Waals surface area contributed by atoms with E-state index in [9.17, 15) is 14.0 Å². The van der Waals surface area contributed by atoms with Crippen molar-refractivity contribution in [1.82, 2.24) is 9.47 Å². The monoisotopic (exact) mass is 409 g/mol. The number of ether oxygens (including phenoxy) is 1. The number of aromatic nitrogens is 1. The normalized spacial score (nSPS) is 16.6. The van der Waals surface area contributed by atoms with Gasteiger partial charge in [0.1, 0.15) is 11.4 Å². The van der Waals surface area contributed by atoms with Crippen LogP contribution in [0.2, 0.25) is 0 Å². The van der Waals surface area contributed by atoms with Crippen molar-refractivity contribution < 1.29 is 13.9 Å². The molecule has 0 unspecified atom stereocenters. The second kappa shape index (κ2) is 7.66. The number of morpholine rings is 1. The fraction of sp³-hybridized carbons (Fsp3) is 0.304. The first-order chi connectivity index (χ1) is 14.2. The van der Waals surface area contributed by atoms with Crippen LogP contribution in [-0.2, 0) is 11.3 Å². The molecule has 0 bridgehead atoms. The van der Waals surface area contributed by atoms with Crippen LogP contribution in [0.25, 0.3) is 16.6 Å². The Balaban J connectivity index is 1.80. The second-order valence-electron chi connectivity index (χ2n) is 8.25. The molecule has 1 amide bonds. The fourth-order valence-electron chi connectivity index (χ4n) is 3.97. The highest BCUT2D eigenvalue weighted by Gasteiger charge is 2.27. The molecule has 1 fully saturated rings. The van der Waals surface area contributed by atoms with Crippen LogP contribution < -0.4 is 11.2 Å². The molecular formula is C23H24FN3O3. The molecule has 6 nitrogen and oxygen atoms in total. The minimum atomic E-state index is -0.793. The van der Waals surface area contributed by atoms with E-state index >= 15 is 0 Å². The van der Waals surface area contributed by atoms with Gasteiger partial charge in [-0.1, -0.05) is 6.07 Å². The van der Waals surface area contributed by atoms with E-state index < -0.39 is 11.3 Å². The van der Waals surface area contributed by atoms with Crippen molar-refractivity contribution in [3.63, 3.8) is 0 Å². The largest absolute Gasteiger partial charge is 0.373 e. The number of nitrogens with zero attached hydrogens (tertiary/aromatic N) is 2. The number of benzene rings is 2. The maximum Gasteiger partial charge on any atom is 0.254 e. The molecule has 1 aliphatic rings. The zero-order valence-electron chi connectivity index (χ0n) is 17.0. The number of fused-ring (bicyclic) bond motifs is 1. The number of hydrogen-bond acceptors (Lipinski definition) is 4. The minimum absolute atomic E-state index is 0.100. The van der Waals surface area contributed by atoms with Crippen LogP contribution in [0.3, 0.4) is 0 Å². The van der Waals surface area contributed by atoms with Gasteiger partial charge in [-0.05, 0) is 55.8 Å². The summed E-state index contributed by atoms with van der Waals surface area (Å²) in [5.74, 6) is -1.16. The molecule has 1 aromatic heterocycles. The van der Waals surface area contributed by atoms with Gasteiger partial charge in [0.05, 0.1) is 17.7 Å². The van der Waals surface area contributed by atoms with Crippen molar-refractivity contribution >= 4 is 16.8 Å². The van der Waals surface area contributed by atoms with Crippen LogP contribution in [0.1, 0.15) is 29.8 Å². The number of carbonyl (C=O) groups is 1. The number of amides is 1. The Bertz CT molecular complexity index is 1170. The highest BCUT2D eigenvalue weighted by Crippen LogP contribution is 2.22. The van der Waals surface area contributed by atoms with Crippen LogP contribution in [0.15, 0.2) is 53.5 Å². The molecule has 0 atom stereocenters. The van der Waals surface area contributed by atoms with Gasteiger partial charge in [-0.3, -0.25) is 14.5 Å². The van der Waals surface area contributed by atoms with Gasteiger partial charge in [-0.2, -0.15) is 0 Å². The number of halogens is 1. The summed E-state index contributed by atoms with van der Waals surface area (Å²) in [5.41, 5.74) is 6.96. The summed E-state index contributed by atoms with van der Waals surface area (Å²) in [6.45, 7) is 7.03. The summed E-state index contributed by atoms with van der Waals surface area (Å²) >= 11 is 0. The molecule has 0 radical (unpaired) electrons. The lowest BCUT2D eigenvalue weighted by atomic mass is 10.0. The summed E-state index contributed by atoms with van der Waals surface area (Å²) < 4.78 is 20.8. The number of nitrogens with two attached hydrogens (primary N) is 1. The van der Waals surface area contributed by atoms with E-state index in [1.165, 1.54) is 18.3 Å². The fourth-order valence-corrected chi connectivity index (χ4v) is 3.97. The van der Waals surface area contributed by atoms with E-state index in [-0.39, 0.29) is 17.0 Å². The Morgan fingerprint density at radius 3 is 2.60 bits per heavy atom. The summed E-state index contributed by atoms with van der Waals surface area (Å²) in [5, 5.41) is 0.403. The van der Waals surface area contributed by atoms with E-state index in [2.05, 4.69) is 18.7 Å². The maximum absolute atomic E-state index is 13.4. The first-order valence-electron chi connectivity index (χ1n) is 9.84. The van der Waals surface area contributed by atoms with Gasteiger partial charge in [0, 0.05) is 36.9 Å². The number of carbonyl (C=O) groups excluding carboxylic acids is 1. The molecule has 4 rings (SSSR count). The third-order valence-electron chi connectivity index (χ3n) is 5.35. The molecule has 2 heterocycles. The predicted octanol–water partition coefficient (Wildman–Crippen LogP) is 2.84. The van der Waals surface area contributed by atoms with Gasteiger partial charge < -0.3 is 15.0 Å². The van der Waals surface area contributed by atoms with Gasteiger partial charge in [0.25, 0.3) is 5.91 Å². The van der Waals surface area contributed by atoms with Gasteiger partial charge >= 0.3 is 0 Å². The molecular weight excluding hydrogens is 385 g/mol. The zero-order valence-corrected chi connectivity index (χ0v) is 17.0. The Morgan fingerprint density at radius 2 is 1.93 bits per heavy atom.